The van der Waals surface area contributed by atoms with Gasteiger partial charge in [-0.15, -0.1) is 0 Å². The minimum Gasteiger partial charge on any atom is -0.315 e. The Labute approximate surface area is 100 Å². The molecule has 0 fully saturated rings. The fourth-order valence-electron chi connectivity index (χ4n) is 0.772. The predicted octanol–water partition coefficient (Wildman–Crippen LogP) is 3.01. The standard InChI is InChI=1S/C7H5BrF3IN2/c8-6-3(12)1-2-4(14-6)5(13)7(9,10)11/h1-2,5H,13H2/t5-/m0/s1. The van der Waals surface area contributed by atoms with Crippen molar-refractivity contribution in [1.82, 2.24) is 4.98 Å². The Morgan fingerprint density at radius 1 is 1.43 bits per heavy atom. The number of nitrogens with two attached hydrogens (primary N) is 1. The first kappa shape index (κ1) is 12.2. The van der Waals surface area contributed by atoms with Crippen LogP contribution >= 0.6 is 38.5 Å². The highest BCUT2D eigenvalue weighted by Gasteiger charge is 2.38. The molecule has 14 heavy (non-hydrogen) atoms. The molecule has 2 nitrogen and oxygen atoms in total. The Balaban J connectivity index is 3.03. The molecule has 1 rings (SSSR count). The first-order valence-electron chi connectivity index (χ1n) is 3.46. The first-order chi connectivity index (χ1) is 6.32. The van der Waals surface area contributed by atoms with E-state index in [2.05, 4.69) is 20.9 Å². The molecule has 2 N–H and O–H groups in total. The van der Waals surface area contributed by atoms with Gasteiger partial charge in [-0.05, 0) is 50.7 Å². The van der Waals surface area contributed by atoms with Gasteiger partial charge in [-0.2, -0.15) is 13.2 Å². The van der Waals surface area contributed by atoms with Crippen LogP contribution in [0.2, 0.25) is 0 Å². The molecule has 0 unspecified atom stereocenters. The first-order valence-corrected chi connectivity index (χ1v) is 5.34. The topological polar surface area (TPSA) is 38.9 Å². The Hall–Kier alpha value is 0.110. The summed E-state index contributed by atoms with van der Waals surface area (Å²) in [6.07, 6.45) is -4.46. The van der Waals surface area contributed by atoms with E-state index < -0.39 is 12.2 Å². The second kappa shape index (κ2) is 4.31. The average molecular weight is 381 g/mol. The largest absolute Gasteiger partial charge is 0.409 e. The maximum absolute atomic E-state index is 12.2. The van der Waals surface area contributed by atoms with Gasteiger partial charge in [0.05, 0.1) is 5.69 Å². The van der Waals surface area contributed by atoms with Gasteiger partial charge in [-0.25, -0.2) is 4.98 Å². The molecule has 7 heteroatoms. The number of hydrogen-bond donors (Lipinski definition) is 1. The highest BCUT2D eigenvalue weighted by Crippen LogP contribution is 2.30. The molecule has 0 aliphatic carbocycles. The van der Waals surface area contributed by atoms with Crippen LogP contribution in [0, 0.1) is 3.57 Å². The van der Waals surface area contributed by atoms with Crippen molar-refractivity contribution in [1.29, 1.82) is 0 Å². The van der Waals surface area contributed by atoms with Crippen molar-refractivity contribution in [3.05, 3.63) is 26.0 Å². The minimum atomic E-state index is -4.46. The van der Waals surface area contributed by atoms with Crippen LogP contribution in [0.15, 0.2) is 16.7 Å². The maximum atomic E-state index is 12.2. The fourth-order valence-corrected chi connectivity index (χ4v) is 1.41. The highest BCUT2D eigenvalue weighted by atomic mass is 127. The number of rotatable bonds is 1. The zero-order chi connectivity index (χ0) is 10.9. The van der Waals surface area contributed by atoms with Crippen LogP contribution < -0.4 is 5.73 Å². The van der Waals surface area contributed by atoms with Crippen molar-refractivity contribution < 1.29 is 13.2 Å². The number of hydrogen-bond acceptors (Lipinski definition) is 2. The molecule has 1 heterocycles. The third kappa shape index (κ3) is 2.80. The second-order valence-electron chi connectivity index (χ2n) is 2.53. The molecule has 1 atom stereocenters. The van der Waals surface area contributed by atoms with Crippen LogP contribution in [0.3, 0.4) is 0 Å². The summed E-state index contributed by atoms with van der Waals surface area (Å²) in [5, 5.41) is 0. The summed E-state index contributed by atoms with van der Waals surface area (Å²) in [6.45, 7) is 0. The van der Waals surface area contributed by atoms with Crippen molar-refractivity contribution in [3.63, 3.8) is 0 Å². The van der Waals surface area contributed by atoms with Gasteiger partial charge in [-0.1, -0.05) is 0 Å². The summed E-state index contributed by atoms with van der Waals surface area (Å²) >= 11 is 4.99. The smallest absolute Gasteiger partial charge is 0.315 e. The fraction of sp³-hybridized carbons (Fsp3) is 0.286. The van der Waals surface area contributed by atoms with Gasteiger partial charge in [0.2, 0.25) is 0 Å². The normalized spacial score (nSPS) is 14.1. The summed E-state index contributed by atoms with van der Waals surface area (Å²) in [6, 6.07) is 0.763. The zero-order valence-corrected chi connectivity index (χ0v) is 10.4. The van der Waals surface area contributed by atoms with Gasteiger partial charge in [0.15, 0.2) is 0 Å². The second-order valence-corrected chi connectivity index (χ2v) is 4.44. The minimum absolute atomic E-state index is 0.190. The zero-order valence-electron chi connectivity index (χ0n) is 6.65. The lowest BCUT2D eigenvalue weighted by Gasteiger charge is -2.15. The number of alkyl halides is 3. The van der Waals surface area contributed by atoms with Crippen molar-refractivity contribution in [2.45, 2.75) is 12.2 Å². The van der Waals surface area contributed by atoms with Crippen LogP contribution in [0.4, 0.5) is 13.2 Å². The van der Waals surface area contributed by atoms with Gasteiger partial charge < -0.3 is 5.73 Å². The summed E-state index contributed by atoms with van der Waals surface area (Å²) in [4.78, 5) is 3.70. The summed E-state index contributed by atoms with van der Waals surface area (Å²) in [5.41, 5.74) is 4.79. The van der Waals surface area contributed by atoms with Crippen LogP contribution in [0.5, 0.6) is 0 Å². The van der Waals surface area contributed by atoms with Gasteiger partial charge in [0.25, 0.3) is 0 Å². The van der Waals surface area contributed by atoms with E-state index in [4.69, 9.17) is 5.73 Å². The summed E-state index contributed by atoms with van der Waals surface area (Å²) < 4.78 is 37.7. The molecule has 78 valence electrons. The lowest BCUT2D eigenvalue weighted by molar-refractivity contribution is -0.150. The molecule has 0 saturated carbocycles. The van der Waals surface area contributed by atoms with Gasteiger partial charge in [0.1, 0.15) is 10.6 Å². The van der Waals surface area contributed by atoms with Crippen LogP contribution in [-0.2, 0) is 0 Å². The van der Waals surface area contributed by atoms with Crippen LogP contribution in [0.25, 0.3) is 0 Å². The number of halogens is 5. The number of pyridine rings is 1. The molecule has 0 radical (unpaired) electrons. The summed E-state index contributed by atoms with van der Waals surface area (Å²) in [5.74, 6) is 0. The molecule has 0 aliphatic heterocycles. The molecular weight excluding hydrogens is 376 g/mol. The van der Waals surface area contributed by atoms with E-state index in [9.17, 15) is 13.2 Å². The molecular formula is C7H5BrF3IN2. The lowest BCUT2D eigenvalue weighted by atomic mass is 10.2. The van der Waals surface area contributed by atoms with E-state index in [-0.39, 0.29) is 5.69 Å². The van der Waals surface area contributed by atoms with E-state index >= 15 is 0 Å². The van der Waals surface area contributed by atoms with Crippen molar-refractivity contribution in [3.8, 4) is 0 Å². The molecule has 0 spiro atoms. The van der Waals surface area contributed by atoms with Crippen molar-refractivity contribution in [2.24, 2.45) is 5.73 Å². The van der Waals surface area contributed by atoms with Crippen molar-refractivity contribution in [2.75, 3.05) is 0 Å². The SMILES string of the molecule is N[C@@H](c1ccc(I)c(Br)n1)C(F)(F)F. The Morgan fingerprint density at radius 3 is 2.43 bits per heavy atom. The van der Waals surface area contributed by atoms with Crippen LogP contribution in [0.1, 0.15) is 11.7 Å². The molecule has 0 saturated heterocycles. The van der Waals surface area contributed by atoms with E-state index in [1.165, 1.54) is 12.1 Å². The van der Waals surface area contributed by atoms with Gasteiger partial charge in [-0.3, -0.25) is 0 Å². The van der Waals surface area contributed by atoms with Crippen molar-refractivity contribution >= 4 is 38.5 Å². The lowest BCUT2D eigenvalue weighted by Crippen LogP contribution is -2.29. The number of nitrogens with zero attached hydrogens (tertiary/aromatic N) is 1. The molecule has 0 bridgehead atoms. The van der Waals surface area contributed by atoms with E-state index in [0.29, 0.717) is 4.60 Å². The molecule has 0 aromatic carbocycles. The third-order valence-corrected chi connectivity index (χ3v) is 3.71. The van der Waals surface area contributed by atoms with E-state index in [1.54, 1.807) is 0 Å². The monoisotopic (exact) mass is 380 g/mol. The van der Waals surface area contributed by atoms with E-state index in [1.807, 2.05) is 22.6 Å². The Bertz CT molecular complexity index is 342. The quantitative estimate of drug-likeness (QED) is 0.601. The average Bonchev–Trinajstić information content (AvgIpc) is 2.07. The van der Waals surface area contributed by atoms with E-state index in [0.717, 1.165) is 3.57 Å². The van der Waals surface area contributed by atoms with Crippen LogP contribution in [-0.4, -0.2) is 11.2 Å². The van der Waals surface area contributed by atoms with Gasteiger partial charge >= 0.3 is 6.18 Å². The molecule has 1 aromatic heterocycles. The molecule has 0 aliphatic rings. The van der Waals surface area contributed by atoms with Gasteiger partial charge in [0, 0.05) is 3.57 Å². The Kier molecular flexibility index (Phi) is 3.75. The third-order valence-electron chi connectivity index (χ3n) is 1.50. The molecule has 0 amide bonds. The maximum Gasteiger partial charge on any atom is 0.409 e. The summed E-state index contributed by atoms with van der Waals surface area (Å²) in [7, 11) is 0. The predicted molar refractivity (Wildman–Crippen MR) is 57.6 cm³/mol. The Morgan fingerprint density at radius 2 is 2.00 bits per heavy atom. The highest BCUT2D eigenvalue weighted by molar-refractivity contribution is 14.1. The molecule has 1 aromatic rings. The number of aromatic nitrogens is 1.